The normalized spacial score (nSPS) is 12.3. The lowest BCUT2D eigenvalue weighted by atomic mass is 10.0. The largest absolute Gasteiger partial charge is 0.508 e. The van der Waals surface area contributed by atoms with Gasteiger partial charge >= 0.3 is 0 Å². The molecule has 20 heavy (non-hydrogen) atoms. The number of phenols is 1. The van der Waals surface area contributed by atoms with Gasteiger partial charge in [-0.15, -0.1) is 0 Å². The Labute approximate surface area is 119 Å². The average molecular weight is 271 g/mol. The molecular formula is C17H21NO2. The van der Waals surface area contributed by atoms with Crippen molar-refractivity contribution in [3.05, 3.63) is 65.2 Å². The minimum absolute atomic E-state index is 0.0179. The summed E-state index contributed by atoms with van der Waals surface area (Å²) in [6, 6.07) is 15.6. The zero-order valence-electron chi connectivity index (χ0n) is 11.7. The third-order valence-electron chi connectivity index (χ3n) is 3.54. The van der Waals surface area contributed by atoms with Gasteiger partial charge in [0.1, 0.15) is 5.75 Å². The minimum Gasteiger partial charge on any atom is -0.508 e. The predicted molar refractivity (Wildman–Crippen MR) is 80.7 cm³/mol. The van der Waals surface area contributed by atoms with Crippen LogP contribution in [-0.2, 0) is 13.0 Å². The molecule has 0 spiro atoms. The zero-order chi connectivity index (χ0) is 14.4. The Morgan fingerprint density at radius 1 is 1.05 bits per heavy atom. The van der Waals surface area contributed by atoms with E-state index >= 15 is 0 Å². The van der Waals surface area contributed by atoms with E-state index in [1.165, 1.54) is 5.56 Å². The van der Waals surface area contributed by atoms with Gasteiger partial charge in [0, 0.05) is 12.6 Å². The number of aromatic hydroxyl groups is 1. The summed E-state index contributed by atoms with van der Waals surface area (Å²) in [6.45, 7) is 2.70. The number of hydrogen-bond acceptors (Lipinski definition) is 3. The highest BCUT2D eigenvalue weighted by atomic mass is 16.3. The van der Waals surface area contributed by atoms with Gasteiger partial charge in [0.2, 0.25) is 0 Å². The van der Waals surface area contributed by atoms with Crippen LogP contribution in [0.3, 0.4) is 0 Å². The quantitative estimate of drug-likeness (QED) is 0.756. The van der Waals surface area contributed by atoms with Crippen molar-refractivity contribution in [2.75, 3.05) is 6.61 Å². The van der Waals surface area contributed by atoms with E-state index in [1.807, 2.05) is 37.3 Å². The molecule has 1 unspecified atom stereocenters. The summed E-state index contributed by atoms with van der Waals surface area (Å²) in [7, 11) is 0. The molecule has 0 bridgehead atoms. The number of rotatable bonds is 6. The summed E-state index contributed by atoms with van der Waals surface area (Å²) in [5.74, 6) is 0.308. The molecule has 0 heterocycles. The summed E-state index contributed by atoms with van der Waals surface area (Å²) in [5.41, 5.74) is 3.13. The smallest absolute Gasteiger partial charge is 0.118 e. The van der Waals surface area contributed by atoms with E-state index in [-0.39, 0.29) is 12.6 Å². The second-order valence-electron chi connectivity index (χ2n) is 5.01. The highest BCUT2D eigenvalue weighted by Crippen LogP contribution is 2.20. The van der Waals surface area contributed by atoms with Crippen molar-refractivity contribution in [2.45, 2.75) is 25.9 Å². The van der Waals surface area contributed by atoms with Crippen LogP contribution in [0.2, 0.25) is 0 Å². The van der Waals surface area contributed by atoms with Crippen molar-refractivity contribution >= 4 is 0 Å². The van der Waals surface area contributed by atoms with Crippen LogP contribution in [-0.4, -0.2) is 22.9 Å². The molecule has 2 aromatic rings. The average Bonchev–Trinajstić information content (AvgIpc) is 2.49. The molecule has 0 amide bonds. The summed E-state index contributed by atoms with van der Waals surface area (Å²) in [5, 5.41) is 22.6. The number of hydrogen-bond donors (Lipinski definition) is 3. The van der Waals surface area contributed by atoms with Gasteiger partial charge in [-0.25, -0.2) is 0 Å². The molecule has 3 heteroatoms. The van der Waals surface area contributed by atoms with Crippen molar-refractivity contribution < 1.29 is 10.2 Å². The Morgan fingerprint density at radius 2 is 1.80 bits per heavy atom. The molecule has 3 N–H and O–H groups in total. The van der Waals surface area contributed by atoms with Crippen LogP contribution in [0.5, 0.6) is 5.75 Å². The van der Waals surface area contributed by atoms with Crippen LogP contribution in [0.25, 0.3) is 0 Å². The number of benzene rings is 2. The Morgan fingerprint density at radius 3 is 2.50 bits per heavy atom. The maximum Gasteiger partial charge on any atom is 0.118 e. The van der Waals surface area contributed by atoms with Gasteiger partial charge in [-0.2, -0.15) is 0 Å². The number of phenolic OH excluding ortho intramolecular Hbond substituents is 1. The number of aliphatic hydroxyl groups excluding tert-OH is 1. The molecule has 0 aliphatic heterocycles. The molecule has 0 fully saturated rings. The highest BCUT2D eigenvalue weighted by molar-refractivity contribution is 5.38. The molecule has 0 aliphatic carbocycles. The summed E-state index contributed by atoms with van der Waals surface area (Å²) in [6.07, 6.45) is 0.698. The number of aliphatic hydroxyl groups is 1. The monoisotopic (exact) mass is 271 g/mol. The van der Waals surface area contributed by atoms with Gasteiger partial charge < -0.3 is 15.5 Å². The zero-order valence-corrected chi connectivity index (χ0v) is 11.7. The summed E-state index contributed by atoms with van der Waals surface area (Å²) < 4.78 is 0. The molecule has 0 saturated heterocycles. The first-order valence-corrected chi connectivity index (χ1v) is 6.86. The van der Waals surface area contributed by atoms with E-state index < -0.39 is 0 Å². The molecule has 0 aliphatic rings. The van der Waals surface area contributed by atoms with Crippen LogP contribution in [0.4, 0.5) is 0 Å². The van der Waals surface area contributed by atoms with E-state index in [4.69, 9.17) is 0 Å². The molecule has 0 saturated carbocycles. The van der Waals surface area contributed by atoms with E-state index in [1.54, 1.807) is 6.07 Å². The van der Waals surface area contributed by atoms with Gasteiger partial charge in [0.15, 0.2) is 0 Å². The molecule has 0 aromatic heterocycles. The molecule has 3 nitrogen and oxygen atoms in total. The lowest BCUT2D eigenvalue weighted by Crippen LogP contribution is -2.34. The third kappa shape index (κ3) is 3.83. The Balaban J connectivity index is 1.97. The molecule has 0 radical (unpaired) electrons. The van der Waals surface area contributed by atoms with Crippen molar-refractivity contribution in [3.63, 3.8) is 0 Å². The predicted octanol–water partition coefficient (Wildman–Crippen LogP) is 2.39. The van der Waals surface area contributed by atoms with Crippen LogP contribution in [0.15, 0.2) is 48.5 Å². The Kier molecular flexibility index (Phi) is 5.16. The van der Waals surface area contributed by atoms with Crippen molar-refractivity contribution in [2.24, 2.45) is 0 Å². The fourth-order valence-electron chi connectivity index (χ4n) is 2.22. The third-order valence-corrected chi connectivity index (χ3v) is 3.54. The Bertz CT molecular complexity index is 540. The topological polar surface area (TPSA) is 52.5 Å². The van der Waals surface area contributed by atoms with Crippen LogP contribution in [0.1, 0.15) is 16.7 Å². The van der Waals surface area contributed by atoms with E-state index in [9.17, 15) is 10.2 Å². The molecule has 106 valence electrons. The van der Waals surface area contributed by atoms with Gasteiger partial charge in [0.05, 0.1) is 6.61 Å². The Hall–Kier alpha value is -1.84. The van der Waals surface area contributed by atoms with Crippen LogP contribution in [0, 0.1) is 6.92 Å². The fraction of sp³-hybridized carbons (Fsp3) is 0.294. The van der Waals surface area contributed by atoms with Crippen molar-refractivity contribution in [1.82, 2.24) is 5.32 Å². The van der Waals surface area contributed by atoms with Gasteiger partial charge in [-0.05, 0) is 36.1 Å². The molecular weight excluding hydrogens is 250 g/mol. The SMILES string of the molecule is Cc1c(O)cccc1CC(CO)NCc1ccccc1. The van der Waals surface area contributed by atoms with Crippen molar-refractivity contribution in [3.8, 4) is 5.75 Å². The van der Waals surface area contributed by atoms with Gasteiger partial charge in [-0.1, -0.05) is 42.5 Å². The summed E-state index contributed by atoms with van der Waals surface area (Å²) in [4.78, 5) is 0. The summed E-state index contributed by atoms with van der Waals surface area (Å²) >= 11 is 0. The van der Waals surface area contributed by atoms with E-state index in [0.29, 0.717) is 12.2 Å². The van der Waals surface area contributed by atoms with Crippen LogP contribution >= 0.6 is 0 Å². The maximum atomic E-state index is 9.71. The highest BCUT2D eigenvalue weighted by Gasteiger charge is 2.11. The van der Waals surface area contributed by atoms with Crippen LogP contribution < -0.4 is 5.32 Å². The standard InChI is InChI=1S/C17H21NO2/c1-13-15(8-5-9-17(13)20)10-16(12-19)18-11-14-6-3-2-4-7-14/h2-9,16,18-20H,10-12H2,1H3. The lowest BCUT2D eigenvalue weighted by molar-refractivity contribution is 0.240. The van der Waals surface area contributed by atoms with E-state index in [2.05, 4.69) is 17.4 Å². The first-order valence-electron chi connectivity index (χ1n) is 6.86. The van der Waals surface area contributed by atoms with Gasteiger partial charge in [-0.3, -0.25) is 0 Å². The number of nitrogens with one attached hydrogen (secondary N) is 1. The fourth-order valence-corrected chi connectivity index (χ4v) is 2.22. The molecule has 2 rings (SSSR count). The molecule has 1 atom stereocenters. The second-order valence-corrected chi connectivity index (χ2v) is 5.01. The first kappa shape index (κ1) is 14.6. The van der Waals surface area contributed by atoms with E-state index in [0.717, 1.165) is 17.7 Å². The first-order chi connectivity index (χ1) is 9.70. The molecule has 2 aromatic carbocycles. The lowest BCUT2D eigenvalue weighted by Gasteiger charge is -2.18. The maximum absolute atomic E-state index is 9.71. The van der Waals surface area contributed by atoms with Crippen molar-refractivity contribution in [1.29, 1.82) is 0 Å². The van der Waals surface area contributed by atoms with Gasteiger partial charge in [0.25, 0.3) is 0 Å². The minimum atomic E-state index is -0.0179. The second kappa shape index (κ2) is 7.08.